The van der Waals surface area contributed by atoms with E-state index in [1.807, 2.05) is 19.2 Å². The number of rotatable bonds is 5. The lowest BCUT2D eigenvalue weighted by Gasteiger charge is -2.29. The Kier molecular flexibility index (Phi) is 5.90. The Hall–Kier alpha value is -2.19. The zero-order valence-electron chi connectivity index (χ0n) is 17.4. The number of fused-ring (bicyclic) bond motifs is 1. The van der Waals surface area contributed by atoms with Crippen LogP contribution in [0.15, 0.2) is 9.90 Å². The van der Waals surface area contributed by atoms with Crippen molar-refractivity contribution in [3.8, 4) is 0 Å². The molecule has 0 aromatic carbocycles. The molecule has 0 saturated heterocycles. The fourth-order valence-corrected chi connectivity index (χ4v) is 4.67. The number of hydrogen-bond donors (Lipinski definition) is 0. The van der Waals surface area contributed by atoms with Crippen molar-refractivity contribution in [2.24, 2.45) is 0 Å². The molecule has 0 radical (unpaired) electrons. The molecule has 0 unspecified atom stereocenters. The zero-order valence-corrected chi connectivity index (χ0v) is 18.2. The van der Waals surface area contributed by atoms with Crippen LogP contribution in [0.5, 0.6) is 0 Å². The lowest BCUT2D eigenvalue weighted by Crippen LogP contribution is -2.45. The van der Waals surface area contributed by atoms with Gasteiger partial charge in [0.15, 0.2) is 0 Å². The highest BCUT2D eigenvalue weighted by Crippen LogP contribution is 2.31. The standard InChI is InChI=1S/C20H28N4O3S/c1-12-16(14(3)27-21-12)9-24-8-7-15-17(11-28-18(15)10-24)20(26)23(6)13(2)19(25)22(4)5/h11,13H,7-10H2,1-6H3/t13-/m1/s1. The second kappa shape index (κ2) is 8.05. The number of nitrogens with zero attached hydrogens (tertiary/aromatic N) is 4. The molecule has 2 amide bonds. The summed E-state index contributed by atoms with van der Waals surface area (Å²) in [5, 5.41) is 5.98. The van der Waals surface area contributed by atoms with Crippen molar-refractivity contribution in [3.05, 3.63) is 38.4 Å². The molecule has 28 heavy (non-hydrogen) atoms. The molecular weight excluding hydrogens is 376 g/mol. The molecule has 1 atom stereocenters. The van der Waals surface area contributed by atoms with E-state index in [1.54, 1.807) is 44.3 Å². The van der Waals surface area contributed by atoms with Crippen LogP contribution in [-0.4, -0.2) is 65.4 Å². The zero-order chi connectivity index (χ0) is 20.6. The van der Waals surface area contributed by atoms with Gasteiger partial charge in [0.05, 0.1) is 11.3 Å². The van der Waals surface area contributed by atoms with Gasteiger partial charge in [-0.2, -0.15) is 0 Å². The molecule has 0 bridgehead atoms. The second-order valence-electron chi connectivity index (χ2n) is 7.64. The molecule has 0 spiro atoms. The van der Waals surface area contributed by atoms with Gasteiger partial charge < -0.3 is 14.3 Å². The average Bonchev–Trinajstić information content (AvgIpc) is 3.23. The van der Waals surface area contributed by atoms with E-state index in [4.69, 9.17) is 4.52 Å². The highest BCUT2D eigenvalue weighted by molar-refractivity contribution is 7.10. The van der Waals surface area contributed by atoms with Gasteiger partial charge in [-0.05, 0) is 32.8 Å². The quantitative estimate of drug-likeness (QED) is 0.766. The number of hydrogen-bond acceptors (Lipinski definition) is 6. The van der Waals surface area contributed by atoms with Gasteiger partial charge >= 0.3 is 0 Å². The predicted octanol–water partition coefficient (Wildman–Crippen LogP) is 2.46. The summed E-state index contributed by atoms with van der Waals surface area (Å²) in [4.78, 5) is 31.9. The first-order valence-electron chi connectivity index (χ1n) is 9.42. The number of amides is 2. The van der Waals surface area contributed by atoms with Crippen LogP contribution in [-0.2, 0) is 24.3 Å². The van der Waals surface area contributed by atoms with E-state index < -0.39 is 6.04 Å². The van der Waals surface area contributed by atoms with Gasteiger partial charge in [-0.15, -0.1) is 11.3 Å². The number of thiophene rings is 1. The topological polar surface area (TPSA) is 69.9 Å². The van der Waals surface area contributed by atoms with Gasteiger partial charge in [0.2, 0.25) is 5.91 Å². The third-order valence-corrected chi connectivity index (χ3v) is 6.53. The van der Waals surface area contributed by atoms with Crippen molar-refractivity contribution in [2.45, 2.75) is 46.3 Å². The monoisotopic (exact) mass is 404 g/mol. The lowest BCUT2D eigenvalue weighted by molar-refractivity contribution is -0.132. The number of likely N-dealkylation sites (N-methyl/N-ethyl adjacent to an activating group) is 2. The highest BCUT2D eigenvalue weighted by Gasteiger charge is 2.30. The van der Waals surface area contributed by atoms with E-state index in [1.165, 1.54) is 9.78 Å². The van der Waals surface area contributed by atoms with E-state index >= 15 is 0 Å². The molecule has 1 aliphatic rings. The van der Waals surface area contributed by atoms with Crippen molar-refractivity contribution in [1.82, 2.24) is 19.9 Å². The predicted molar refractivity (Wildman–Crippen MR) is 108 cm³/mol. The minimum absolute atomic E-state index is 0.0782. The molecule has 3 heterocycles. The molecule has 2 aromatic heterocycles. The summed E-state index contributed by atoms with van der Waals surface area (Å²) in [6, 6.07) is -0.488. The van der Waals surface area contributed by atoms with Crippen LogP contribution >= 0.6 is 11.3 Å². The van der Waals surface area contributed by atoms with Gasteiger partial charge in [0.25, 0.3) is 5.91 Å². The normalized spacial score (nSPS) is 15.2. The van der Waals surface area contributed by atoms with Crippen molar-refractivity contribution in [1.29, 1.82) is 0 Å². The lowest BCUT2D eigenvalue weighted by atomic mass is 10.0. The van der Waals surface area contributed by atoms with Gasteiger partial charge in [0.1, 0.15) is 11.8 Å². The van der Waals surface area contributed by atoms with E-state index in [9.17, 15) is 9.59 Å². The molecule has 2 aromatic rings. The van der Waals surface area contributed by atoms with Crippen molar-refractivity contribution in [2.75, 3.05) is 27.7 Å². The molecule has 0 aliphatic carbocycles. The fraction of sp³-hybridized carbons (Fsp3) is 0.550. The summed E-state index contributed by atoms with van der Waals surface area (Å²) in [6.45, 7) is 8.17. The minimum Gasteiger partial charge on any atom is -0.361 e. The summed E-state index contributed by atoms with van der Waals surface area (Å²) < 4.78 is 5.27. The molecular formula is C20H28N4O3S. The van der Waals surface area contributed by atoms with Gasteiger partial charge in [-0.1, -0.05) is 5.16 Å². The third-order valence-electron chi connectivity index (χ3n) is 5.52. The first-order chi connectivity index (χ1) is 13.2. The number of aryl methyl sites for hydroxylation is 2. The Morgan fingerprint density at radius 1 is 1.32 bits per heavy atom. The molecule has 3 rings (SSSR count). The Morgan fingerprint density at radius 2 is 2.04 bits per heavy atom. The van der Waals surface area contributed by atoms with Crippen LogP contribution in [0.1, 0.15) is 44.7 Å². The third kappa shape index (κ3) is 3.84. The van der Waals surface area contributed by atoms with E-state index in [-0.39, 0.29) is 11.8 Å². The molecule has 0 N–H and O–H groups in total. The molecule has 7 nitrogen and oxygen atoms in total. The molecule has 8 heteroatoms. The van der Waals surface area contributed by atoms with Crippen LogP contribution in [0.3, 0.4) is 0 Å². The first-order valence-corrected chi connectivity index (χ1v) is 10.3. The largest absolute Gasteiger partial charge is 0.361 e. The highest BCUT2D eigenvalue weighted by atomic mass is 32.1. The van der Waals surface area contributed by atoms with Crippen molar-refractivity contribution in [3.63, 3.8) is 0 Å². The Balaban J connectivity index is 1.72. The van der Waals surface area contributed by atoms with Crippen molar-refractivity contribution >= 4 is 23.2 Å². The number of carbonyl (C=O) groups excluding carboxylic acids is 2. The van der Waals surface area contributed by atoms with E-state index in [0.29, 0.717) is 0 Å². The summed E-state index contributed by atoms with van der Waals surface area (Å²) in [5.41, 5.74) is 3.94. The van der Waals surface area contributed by atoms with Crippen molar-refractivity contribution < 1.29 is 14.1 Å². The van der Waals surface area contributed by atoms with Crippen LogP contribution in [0.2, 0.25) is 0 Å². The maximum absolute atomic E-state index is 13.0. The Labute approximate surface area is 169 Å². The Morgan fingerprint density at radius 3 is 2.64 bits per heavy atom. The maximum atomic E-state index is 13.0. The smallest absolute Gasteiger partial charge is 0.255 e. The van der Waals surface area contributed by atoms with E-state index in [0.717, 1.165) is 54.2 Å². The fourth-order valence-electron chi connectivity index (χ4n) is 3.55. The number of aromatic nitrogens is 1. The van der Waals surface area contributed by atoms with Crippen LogP contribution in [0.4, 0.5) is 0 Å². The maximum Gasteiger partial charge on any atom is 0.255 e. The minimum atomic E-state index is -0.488. The van der Waals surface area contributed by atoms with Gasteiger partial charge in [-0.25, -0.2) is 0 Å². The van der Waals surface area contributed by atoms with Crippen LogP contribution in [0.25, 0.3) is 0 Å². The van der Waals surface area contributed by atoms with Gasteiger partial charge in [-0.3, -0.25) is 14.5 Å². The average molecular weight is 405 g/mol. The Bertz CT molecular complexity index is 867. The molecule has 0 saturated carbocycles. The summed E-state index contributed by atoms with van der Waals surface area (Å²) in [5.74, 6) is 0.705. The van der Waals surface area contributed by atoms with E-state index in [2.05, 4.69) is 10.1 Å². The van der Waals surface area contributed by atoms with Gasteiger partial charge in [0, 0.05) is 56.6 Å². The number of carbonyl (C=O) groups is 2. The molecule has 1 aliphatic heterocycles. The summed E-state index contributed by atoms with van der Waals surface area (Å²) in [6.07, 6.45) is 0.827. The summed E-state index contributed by atoms with van der Waals surface area (Å²) in [7, 11) is 5.11. The van der Waals surface area contributed by atoms with Crippen LogP contribution in [0, 0.1) is 13.8 Å². The molecule has 0 fully saturated rings. The SMILES string of the molecule is Cc1noc(C)c1CN1CCc2c(C(=O)N(C)[C@H](C)C(=O)N(C)C)csc2C1. The second-order valence-corrected chi connectivity index (χ2v) is 8.60. The first kappa shape index (κ1) is 20.5. The summed E-state index contributed by atoms with van der Waals surface area (Å²) >= 11 is 1.63. The van der Waals surface area contributed by atoms with Crippen LogP contribution < -0.4 is 0 Å². The molecule has 152 valence electrons.